The molecule has 0 saturated carbocycles. The summed E-state index contributed by atoms with van der Waals surface area (Å²) in [7, 11) is 0. The van der Waals surface area contributed by atoms with Crippen LogP contribution in [0.15, 0.2) is 42.5 Å². The molecule has 5 nitrogen and oxygen atoms in total. The van der Waals surface area contributed by atoms with E-state index in [0.717, 1.165) is 5.56 Å². The van der Waals surface area contributed by atoms with Gasteiger partial charge in [0, 0.05) is 22.7 Å². The van der Waals surface area contributed by atoms with Gasteiger partial charge in [0.25, 0.3) is 5.91 Å². The van der Waals surface area contributed by atoms with Crippen LogP contribution in [0.5, 0.6) is 0 Å². The molecule has 0 saturated heterocycles. The number of ether oxygens (including phenoxy) is 1. The van der Waals surface area contributed by atoms with Gasteiger partial charge in [0.05, 0.1) is 6.42 Å². The van der Waals surface area contributed by atoms with Crippen molar-refractivity contribution in [3.05, 3.63) is 64.4 Å². The number of Topliss-reactive ketones (excluding diaryl/α,β-unsaturated/α-hetero) is 1. The topological polar surface area (TPSA) is 72.5 Å². The number of esters is 1. The molecule has 0 fully saturated rings. The van der Waals surface area contributed by atoms with Gasteiger partial charge in [-0.2, -0.15) is 0 Å². The minimum absolute atomic E-state index is 0.0838. The van der Waals surface area contributed by atoms with Crippen LogP contribution in [0.4, 0.5) is 10.1 Å². The fourth-order valence-electron chi connectivity index (χ4n) is 2.13. The van der Waals surface area contributed by atoms with E-state index in [1.54, 1.807) is 25.1 Å². The number of aryl methyl sites for hydroxylation is 1. The largest absolute Gasteiger partial charge is 0.456 e. The molecule has 0 aliphatic rings. The Hall–Kier alpha value is -2.73. The van der Waals surface area contributed by atoms with Gasteiger partial charge >= 0.3 is 5.97 Å². The Bertz CT molecular complexity index is 821. The van der Waals surface area contributed by atoms with Gasteiger partial charge in [0.2, 0.25) is 0 Å². The first-order chi connectivity index (χ1) is 12.3. The van der Waals surface area contributed by atoms with E-state index >= 15 is 0 Å². The second-order valence-corrected chi connectivity index (χ2v) is 6.03. The molecule has 0 radical (unpaired) electrons. The summed E-state index contributed by atoms with van der Waals surface area (Å²) in [6.07, 6.45) is -0.251. The van der Waals surface area contributed by atoms with Gasteiger partial charge < -0.3 is 10.1 Å². The van der Waals surface area contributed by atoms with E-state index in [-0.39, 0.29) is 18.6 Å². The molecule has 7 heteroatoms. The van der Waals surface area contributed by atoms with Gasteiger partial charge in [-0.3, -0.25) is 14.4 Å². The second-order valence-electron chi connectivity index (χ2n) is 5.60. The molecule has 2 rings (SSSR count). The lowest BCUT2D eigenvalue weighted by molar-refractivity contribution is -0.147. The van der Waals surface area contributed by atoms with Crippen molar-refractivity contribution in [2.24, 2.45) is 0 Å². The number of carbonyl (C=O) groups excluding carboxylic acids is 3. The quantitative estimate of drug-likeness (QED) is 0.586. The lowest BCUT2D eigenvalue weighted by Crippen LogP contribution is -2.21. The van der Waals surface area contributed by atoms with Gasteiger partial charge in [-0.05, 0) is 48.9 Å². The maximum Gasteiger partial charge on any atom is 0.306 e. The number of hydrogen-bond donors (Lipinski definition) is 1. The number of anilines is 1. The Labute approximate surface area is 155 Å². The van der Waals surface area contributed by atoms with Crippen molar-refractivity contribution in [2.45, 2.75) is 19.8 Å². The van der Waals surface area contributed by atoms with Crippen molar-refractivity contribution < 1.29 is 23.5 Å². The Morgan fingerprint density at radius 2 is 1.77 bits per heavy atom. The molecule has 0 atom stereocenters. The van der Waals surface area contributed by atoms with Crippen LogP contribution in [0.25, 0.3) is 0 Å². The SMILES string of the molecule is Cc1ccc(Cl)cc1NC(=O)COC(=O)CCC(=O)c1ccc(F)cc1. The normalized spacial score (nSPS) is 10.3. The van der Waals surface area contributed by atoms with Crippen molar-refractivity contribution in [2.75, 3.05) is 11.9 Å². The first-order valence-corrected chi connectivity index (χ1v) is 8.23. The fraction of sp³-hybridized carbons (Fsp3) is 0.211. The Balaban J connectivity index is 1.75. The fourth-order valence-corrected chi connectivity index (χ4v) is 2.30. The number of rotatable bonds is 7. The van der Waals surface area contributed by atoms with E-state index in [1.165, 1.54) is 24.3 Å². The lowest BCUT2D eigenvalue weighted by atomic mass is 10.1. The number of amides is 1. The van der Waals surface area contributed by atoms with Crippen molar-refractivity contribution in [3.8, 4) is 0 Å². The summed E-state index contributed by atoms with van der Waals surface area (Å²) in [4.78, 5) is 35.4. The molecule has 26 heavy (non-hydrogen) atoms. The van der Waals surface area contributed by atoms with Crippen LogP contribution in [0.3, 0.4) is 0 Å². The van der Waals surface area contributed by atoms with Crippen LogP contribution in [-0.4, -0.2) is 24.3 Å². The van der Waals surface area contributed by atoms with Crippen LogP contribution in [-0.2, 0) is 14.3 Å². The minimum atomic E-state index is -0.668. The maximum absolute atomic E-state index is 12.8. The first-order valence-electron chi connectivity index (χ1n) is 7.85. The molecule has 0 heterocycles. The predicted octanol–water partition coefficient (Wildman–Crippen LogP) is 3.93. The Morgan fingerprint density at radius 3 is 2.46 bits per heavy atom. The van der Waals surface area contributed by atoms with Crippen LogP contribution < -0.4 is 5.32 Å². The average Bonchev–Trinajstić information content (AvgIpc) is 2.61. The summed E-state index contributed by atoms with van der Waals surface area (Å²) in [6, 6.07) is 10.1. The van der Waals surface area contributed by atoms with Gasteiger partial charge in [-0.1, -0.05) is 17.7 Å². The molecule has 0 spiro atoms. The van der Waals surface area contributed by atoms with Crippen LogP contribution >= 0.6 is 11.6 Å². The molecular formula is C19H17ClFNO4. The van der Waals surface area contributed by atoms with E-state index in [9.17, 15) is 18.8 Å². The summed E-state index contributed by atoms with van der Waals surface area (Å²) in [6.45, 7) is 1.34. The second kappa shape index (κ2) is 9.10. The van der Waals surface area contributed by atoms with Crippen LogP contribution in [0.1, 0.15) is 28.8 Å². The smallest absolute Gasteiger partial charge is 0.306 e. The van der Waals surface area contributed by atoms with E-state index in [2.05, 4.69) is 5.32 Å². The third-order valence-electron chi connectivity index (χ3n) is 3.56. The molecule has 2 aromatic rings. The predicted molar refractivity (Wildman–Crippen MR) is 95.7 cm³/mol. The van der Waals surface area contributed by atoms with E-state index in [0.29, 0.717) is 16.3 Å². The molecule has 0 bridgehead atoms. The number of hydrogen-bond acceptors (Lipinski definition) is 4. The molecule has 1 amide bonds. The molecule has 136 valence electrons. The number of nitrogens with one attached hydrogen (secondary N) is 1. The van der Waals surface area contributed by atoms with Gasteiger partial charge in [-0.15, -0.1) is 0 Å². The van der Waals surface area contributed by atoms with Crippen molar-refractivity contribution in [1.29, 1.82) is 0 Å². The summed E-state index contributed by atoms with van der Waals surface area (Å²) in [5.74, 6) is -1.92. The van der Waals surface area contributed by atoms with Crippen molar-refractivity contribution in [1.82, 2.24) is 0 Å². The van der Waals surface area contributed by atoms with Gasteiger partial charge in [0.1, 0.15) is 5.82 Å². The number of benzene rings is 2. The summed E-state index contributed by atoms with van der Waals surface area (Å²) in [5, 5.41) is 3.07. The van der Waals surface area contributed by atoms with E-state index in [1.807, 2.05) is 0 Å². The Kier molecular flexibility index (Phi) is 6.86. The summed E-state index contributed by atoms with van der Waals surface area (Å²) in [5.41, 5.74) is 1.66. The molecule has 1 N–H and O–H groups in total. The standard InChI is InChI=1S/C19H17ClFNO4/c1-12-2-5-14(20)10-16(12)22-18(24)11-26-19(25)9-8-17(23)13-3-6-15(21)7-4-13/h2-7,10H,8-9,11H2,1H3,(H,22,24). The molecule has 0 unspecified atom stereocenters. The zero-order valence-corrected chi connectivity index (χ0v) is 14.8. The molecular weight excluding hydrogens is 361 g/mol. The third kappa shape index (κ3) is 5.97. The highest BCUT2D eigenvalue weighted by atomic mass is 35.5. The molecule has 0 aliphatic heterocycles. The molecule has 0 aromatic heterocycles. The maximum atomic E-state index is 12.8. The Morgan fingerprint density at radius 1 is 1.08 bits per heavy atom. The van der Waals surface area contributed by atoms with E-state index in [4.69, 9.17) is 16.3 Å². The minimum Gasteiger partial charge on any atom is -0.456 e. The third-order valence-corrected chi connectivity index (χ3v) is 3.80. The van der Waals surface area contributed by atoms with Crippen LogP contribution in [0, 0.1) is 12.7 Å². The number of carbonyl (C=O) groups is 3. The van der Waals surface area contributed by atoms with Gasteiger partial charge in [0.15, 0.2) is 12.4 Å². The zero-order valence-electron chi connectivity index (χ0n) is 14.1. The highest BCUT2D eigenvalue weighted by Crippen LogP contribution is 2.20. The lowest BCUT2D eigenvalue weighted by Gasteiger charge is -2.09. The molecule has 2 aromatic carbocycles. The highest BCUT2D eigenvalue weighted by Gasteiger charge is 2.13. The van der Waals surface area contributed by atoms with Crippen molar-refractivity contribution in [3.63, 3.8) is 0 Å². The van der Waals surface area contributed by atoms with Crippen molar-refractivity contribution >= 4 is 34.9 Å². The number of halogens is 2. The zero-order chi connectivity index (χ0) is 19.1. The van der Waals surface area contributed by atoms with E-state index < -0.39 is 24.3 Å². The summed E-state index contributed by atoms with van der Waals surface area (Å²) >= 11 is 5.87. The first kappa shape index (κ1) is 19.6. The van der Waals surface area contributed by atoms with Gasteiger partial charge in [-0.25, -0.2) is 4.39 Å². The number of ketones is 1. The summed E-state index contributed by atoms with van der Waals surface area (Å²) < 4.78 is 17.7. The molecule has 0 aliphatic carbocycles. The highest BCUT2D eigenvalue weighted by molar-refractivity contribution is 6.31. The monoisotopic (exact) mass is 377 g/mol. The van der Waals surface area contributed by atoms with Crippen LogP contribution in [0.2, 0.25) is 5.02 Å². The average molecular weight is 378 g/mol.